The van der Waals surface area contributed by atoms with Crippen molar-refractivity contribution < 1.29 is 9.53 Å². The number of halogens is 1. The summed E-state index contributed by atoms with van der Waals surface area (Å²) >= 11 is 0. The van der Waals surface area contributed by atoms with Crippen LogP contribution in [0.5, 0.6) is 5.75 Å². The Morgan fingerprint density at radius 3 is 2.50 bits per heavy atom. The summed E-state index contributed by atoms with van der Waals surface area (Å²) in [7, 11) is 3.35. The Morgan fingerprint density at radius 2 is 1.82 bits per heavy atom. The van der Waals surface area contributed by atoms with Crippen LogP contribution in [0.4, 0.5) is 0 Å². The number of rotatable bonds is 5. The third-order valence-corrected chi connectivity index (χ3v) is 4.73. The smallest absolute Gasteiger partial charge is 0.242 e. The van der Waals surface area contributed by atoms with Gasteiger partial charge in [0.1, 0.15) is 5.75 Å². The molecule has 0 atom stereocenters. The number of nitrogens with one attached hydrogen (secondary N) is 2. The van der Waals surface area contributed by atoms with Crippen LogP contribution in [0.2, 0.25) is 0 Å². The van der Waals surface area contributed by atoms with E-state index in [-0.39, 0.29) is 36.4 Å². The quantitative estimate of drug-likeness (QED) is 0.381. The molecule has 1 aliphatic rings. The number of nitrogens with zero attached hydrogens (tertiary/aromatic N) is 2. The molecular weight excluding hydrogens is 467 g/mol. The second-order valence-corrected chi connectivity index (χ2v) is 6.46. The molecule has 0 bridgehead atoms. The molecule has 1 amide bonds. The Morgan fingerprint density at radius 1 is 1.11 bits per heavy atom. The second kappa shape index (κ2) is 10.9. The van der Waals surface area contributed by atoms with Gasteiger partial charge in [-0.3, -0.25) is 9.79 Å². The van der Waals surface area contributed by atoms with Crippen LogP contribution in [0, 0.1) is 0 Å². The number of aliphatic imine (C=N–C) groups is 1. The molecule has 0 aliphatic carbocycles. The van der Waals surface area contributed by atoms with Crippen LogP contribution < -0.4 is 15.4 Å². The molecule has 2 aromatic carbocycles. The molecule has 0 saturated carbocycles. The van der Waals surface area contributed by atoms with Crippen LogP contribution in [-0.2, 0) is 24.3 Å². The molecule has 0 unspecified atom stereocenters. The first-order valence-electron chi connectivity index (χ1n) is 9.11. The molecule has 0 spiro atoms. The van der Waals surface area contributed by atoms with Gasteiger partial charge in [-0.05, 0) is 35.2 Å². The summed E-state index contributed by atoms with van der Waals surface area (Å²) in [5.41, 5.74) is 3.68. The Kier molecular flexibility index (Phi) is 8.56. The predicted molar refractivity (Wildman–Crippen MR) is 122 cm³/mol. The fraction of sp³-hybridized carbons (Fsp3) is 0.333. The molecule has 0 fully saturated rings. The third kappa shape index (κ3) is 5.85. The van der Waals surface area contributed by atoms with Gasteiger partial charge in [0.05, 0.1) is 13.7 Å². The SMILES string of the molecule is CN=C(NCC(=O)N1CCc2ccccc2C1)NCc1ccc(OC)cc1.I. The lowest BCUT2D eigenvalue weighted by atomic mass is 10.00. The Hall–Kier alpha value is -2.29. The number of guanidine groups is 1. The minimum absolute atomic E-state index is 0. The van der Waals surface area contributed by atoms with Crippen LogP contribution in [0.15, 0.2) is 53.5 Å². The molecule has 1 heterocycles. The standard InChI is InChI=1S/C21H26N4O2.HI/c1-22-21(23-13-16-7-9-19(27-2)10-8-16)24-14-20(26)25-12-11-17-5-3-4-6-18(17)15-25;/h3-10H,11-15H2,1-2H3,(H2,22,23,24);1H. The molecule has 150 valence electrons. The van der Waals surface area contributed by atoms with E-state index in [0.717, 1.165) is 24.3 Å². The Labute approximate surface area is 183 Å². The number of hydrogen-bond acceptors (Lipinski definition) is 3. The molecule has 3 rings (SSSR count). The van der Waals surface area contributed by atoms with E-state index in [1.165, 1.54) is 11.1 Å². The van der Waals surface area contributed by atoms with Gasteiger partial charge in [0, 0.05) is 26.7 Å². The Balaban J connectivity index is 0.00000280. The Bertz CT molecular complexity index is 808. The van der Waals surface area contributed by atoms with Crippen molar-refractivity contribution >= 4 is 35.8 Å². The number of methoxy groups -OCH3 is 1. The van der Waals surface area contributed by atoms with Gasteiger partial charge in [0.15, 0.2) is 5.96 Å². The molecule has 28 heavy (non-hydrogen) atoms. The highest BCUT2D eigenvalue weighted by Gasteiger charge is 2.20. The minimum Gasteiger partial charge on any atom is -0.497 e. The number of carbonyl (C=O) groups excluding carboxylic acids is 1. The lowest BCUT2D eigenvalue weighted by Crippen LogP contribution is -2.45. The summed E-state index contributed by atoms with van der Waals surface area (Å²) in [4.78, 5) is 18.6. The maximum Gasteiger partial charge on any atom is 0.242 e. The molecule has 6 nitrogen and oxygen atoms in total. The van der Waals surface area contributed by atoms with Gasteiger partial charge in [-0.15, -0.1) is 24.0 Å². The van der Waals surface area contributed by atoms with Gasteiger partial charge in [-0.25, -0.2) is 0 Å². The number of ether oxygens (including phenoxy) is 1. The zero-order valence-electron chi connectivity index (χ0n) is 16.3. The van der Waals surface area contributed by atoms with E-state index in [9.17, 15) is 4.79 Å². The van der Waals surface area contributed by atoms with Crippen molar-refractivity contribution in [3.8, 4) is 5.75 Å². The fourth-order valence-electron chi connectivity index (χ4n) is 3.13. The molecule has 0 radical (unpaired) electrons. The van der Waals surface area contributed by atoms with Gasteiger partial charge < -0.3 is 20.3 Å². The first-order valence-corrected chi connectivity index (χ1v) is 9.11. The van der Waals surface area contributed by atoms with E-state index in [2.05, 4.69) is 33.8 Å². The lowest BCUT2D eigenvalue weighted by Gasteiger charge is -2.29. The van der Waals surface area contributed by atoms with E-state index < -0.39 is 0 Å². The number of hydrogen-bond donors (Lipinski definition) is 2. The minimum atomic E-state index is 0. The van der Waals surface area contributed by atoms with E-state index in [1.54, 1.807) is 14.2 Å². The van der Waals surface area contributed by atoms with Gasteiger partial charge >= 0.3 is 0 Å². The molecule has 2 N–H and O–H groups in total. The topological polar surface area (TPSA) is 66.0 Å². The van der Waals surface area contributed by atoms with Crippen molar-refractivity contribution in [2.24, 2.45) is 4.99 Å². The van der Waals surface area contributed by atoms with Crippen LogP contribution in [0.25, 0.3) is 0 Å². The van der Waals surface area contributed by atoms with Gasteiger partial charge in [0.2, 0.25) is 5.91 Å². The summed E-state index contributed by atoms with van der Waals surface area (Å²) in [6.07, 6.45) is 0.909. The average molecular weight is 494 g/mol. The van der Waals surface area contributed by atoms with Crippen molar-refractivity contribution in [3.63, 3.8) is 0 Å². The van der Waals surface area contributed by atoms with Crippen LogP contribution in [0.1, 0.15) is 16.7 Å². The van der Waals surface area contributed by atoms with Crippen LogP contribution >= 0.6 is 24.0 Å². The van der Waals surface area contributed by atoms with Gasteiger partial charge in [-0.2, -0.15) is 0 Å². The van der Waals surface area contributed by atoms with Crippen molar-refractivity contribution in [3.05, 3.63) is 65.2 Å². The molecule has 7 heteroatoms. The highest BCUT2D eigenvalue weighted by atomic mass is 127. The number of amides is 1. The van der Waals surface area contributed by atoms with Crippen molar-refractivity contribution in [2.45, 2.75) is 19.5 Å². The van der Waals surface area contributed by atoms with Gasteiger partial charge in [-0.1, -0.05) is 36.4 Å². The molecular formula is C21H27IN4O2. The zero-order chi connectivity index (χ0) is 19.1. The lowest BCUT2D eigenvalue weighted by molar-refractivity contribution is -0.130. The summed E-state index contributed by atoms with van der Waals surface area (Å²) in [6, 6.07) is 16.1. The van der Waals surface area contributed by atoms with Crippen molar-refractivity contribution in [1.29, 1.82) is 0 Å². The van der Waals surface area contributed by atoms with Crippen molar-refractivity contribution in [2.75, 3.05) is 27.2 Å². The summed E-state index contributed by atoms with van der Waals surface area (Å²) in [6.45, 7) is 2.28. The van der Waals surface area contributed by atoms with Gasteiger partial charge in [0.25, 0.3) is 0 Å². The summed E-state index contributed by atoms with van der Waals surface area (Å²) < 4.78 is 5.16. The van der Waals surface area contributed by atoms with Crippen molar-refractivity contribution in [1.82, 2.24) is 15.5 Å². The highest BCUT2D eigenvalue weighted by Crippen LogP contribution is 2.18. The highest BCUT2D eigenvalue weighted by molar-refractivity contribution is 14.0. The van der Waals surface area contributed by atoms with E-state index in [0.29, 0.717) is 19.0 Å². The number of fused-ring (bicyclic) bond motifs is 1. The van der Waals surface area contributed by atoms with E-state index in [1.807, 2.05) is 35.2 Å². The number of carbonyl (C=O) groups is 1. The van der Waals surface area contributed by atoms with E-state index in [4.69, 9.17) is 4.74 Å². The average Bonchev–Trinajstić information content (AvgIpc) is 2.73. The third-order valence-electron chi connectivity index (χ3n) is 4.73. The first kappa shape index (κ1) is 22.0. The maximum atomic E-state index is 12.5. The fourth-order valence-corrected chi connectivity index (χ4v) is 3.13. The molecule has 2 aromatic rings. The molecule has 0 aromatic heterocycles. The molecule has 0 saturated heterocycles. The zero-order valence-corrected chi connectivity index (χ0v) is 18.6. The normalized spacial score (nSPS) is 13.2. The monoisotopic (exact) mass is 494 g/mol. The second-order valence-electron chi connectivity index (χ2n) is 6.46. The first-order chi connectivity index (χ1) is 13.2. The predicted octanol–water partition coefficient (Wildman–Crippen LogP) is 2.56. The maximum absolute atomic E-state index is 12.5. The number of benzene rings is 2. The summed E-state index contributed by atoms with van der Waals surface area (Å²) in [5, 5.41) is 6.33. The summed E-state index contributed by atoms with van der Waals surface area (Å²) in [5.74, 6) is 1.52. The largest absolute Gasteiger partial charge is 0.497 e. The molecule has 1 aliphatic heterocycles. The van der Waals surface area contributed by atoms with Crippen LogP contribution in [0.3, 0.4) is 0 Å². The van der Waals surface area contributed by atoms with E-state index >= 15 is 0 Å². The van der Waals surface area contributed by atoms with Crippen LogP contribution in [-0.4, -0.2) is 44.0 Å².